The van der Waals surface area contributed by atoms with Gasteiger partial charge in [-0.05, 0) is 38.3 Å². The van der Waals surface area contributed by atoms with Gasteiger partial charge in [-0.25, -0.2) is 0 Å². The summed E-state index contributed by atoms with van der Waals surface area (Å²) in [6.07, 6.45) is 2.12. The van der Waals surface area contributed by atoms with E-state index in [1.807, 2.05) is 18.2 Å². The summed E-state index contributed by atoms with van der Waals surface area (Å²) >= 11 is 0. The third-order valence-electron chi connectivity index (χ3n) is 4.50. The molecule has 1 amide bonds. The molecule has 0 aliphatic carbocycles. The molecule has 0 saturated carbocycles. The number of nitrogens with zero attached hydrogens (tertiary/aromatic N) is 2. The Morgan fingerprint density at radius 2 is 2.00 bits per heavy atom. The molecule has 3 rings (SSSR count). The topological polar surface area (TPSA) is 23.6 Å². The van der Waals surface area contributed by atoms with Crippen molar-refractivity contribution >= 4 is 5.91 Å². The van der Waals surface area contributed by atoms with Crippen LogP contribution in [0.3, 0.4) is 0 Å². The summed E-state index contributed by atoms with van der Waals surface area (Å²) in [5, 5.41) is 0. The van der Waals surface area contributed by atoms with Crippen LogP contribution < -0.4 is 0 Å². The second kappa shape index (κ2) is 4.97. The number of hydrogen-bond donors (Lipinski definition) is 0. The molecule has 1 atom stereocenters. The zero-order chi connectivity index (χ0) is 13.4. The number of hydrogen-bond acceptors (Lipinski definition) is 2. The van der Waals surface area contributed by atoms with Crippen LogP contribution in [0.5, 0.6) is 0 Å². The maximum Gasteiger partial charge on any atom is 0.254 e. The van der Waals surface area contributed by atoms with E-state index in [1.165, 1.54) is 5.56 Å². The number of rotatable bonds is 2. The van der Waals surface area contributed by atoms with E-state index in [4.69, 9.17) is 0 Å². The molecule has 1 aromatic carbocycles. The third kappa shape index (κ3) is 2.27. The molecule has 1 saturated heterocycles. The van der Waals surface area contributed by atoms with E-state index in [0.29, 0.717) is 12.1 Å². The summed E-state index contributed by atoms with van der Waals surface area (Å²) in [5.41, 5.74) is 2.12. The van der Waals surface area contributed by atoms with Gasteiger partial charge >= 0.3 is 0 Å². The second-order valence-electron chi connectivity index (χ2n) is 5.94. The van der Waals surface area contributed by atoms with Gasteiger partial charge in [-0.2, -0.15) is 0 Å². The fourth-order valence-corrected chi connectivity index (χ4v) is 3.28. The monoisotopic (exact) mass is 258 g/mol. The Morgan fingerprint density at radius 1 is 1.21 bits per heavy atom. The van der Waals surface area contributed by atoms with Gasteiger partial charge in [0, 0.05) is 37.3 Å². The SMILES string of the molecule is CC(C)N1CCC(N2CCc3ccccc3C2=O)C1. The van der Waals surface area contributed by atoms with Crippen LogP contribution in [0.15, 0.2) is 24.3 Å². The fourth-order valence-electron chi connectivity index (χ4n) is 3.28. The first-order valence-electron chi connectivity index (χ1n) is 7.29. The Kier molecular flexibility index (Phi) is 3.31. The minimum absolute atomic E-state index is 0.234. The predicted molar refractivity (Wildman–Crippen MR) is 76.3 cm³/mol. The first kappa shape index (κ1) is 12.7. The molecule has 1 fully saturated rings. The van der Waals surface area contributed by atoms with Crippen molar-refractivity contribution in [3.8, 4) is 0 Å². The molecule has 3 heteroatoms. The van der Waals surface area contributed by atoms with Crippen molar-refractivity contribution < 1.29 is 4.79 Å². The first-order chi connectivity index (χ1) is 9.16. The van der Waals surface area contributed by atoms with Gasteiger partial charge in [0.1, 0.15) is 0 Å². The summed E-state index contributed by atoms with van der Waals surface area (Å²) < 4.78 is 0. The summed E-state index contributed by atoms with van der Waals surface area (Å²) in [7, 11) is 0. The standard InChI is InChI=1S/C16H22N2O/c1-12(2)17-9-8-14(11-17)18-10-7-13-5-3-4-6-15(13)16(18)19/h3-6,12,14H,7-11H2,1-2H3. The van der Waals surface area contributed by atoms with E-state index in [2.05, 4.69) is 29.7 Å². The smallest absolute Gasteiger partial charge is 0.254 e. The minimum Gasteiger partial charge on any atom is -0.334 e. The Bertz CT molecular complexity index is 483. The van der Waals surface area contributed by atoms with Gasteiger partial charge in [-0.1, -0.05) is 18.2 Å². The number of benzene rings is 1. The Hall–Kier alpha value is -1.35. The third-order valence-corrected chi connectivity index (χ3v) is 4.50. The Morgan fingerprint density at radius 3 is 2.74 bits per heavy atom. The van der Waals surface area contributed by atoms with Gasteiger partial charge in [0.2, 0.25) is 0 Å². The van der Waals surface area contributed by atoms with Gasteiger partial charge in [0.25, 0.3) is 5.91 Å². The summed E-state index contributed by atoms with van der Waals surface area (Å²) in [6.45, 7) is 7.50. The average molecular weight is 258 g/mol. The van der Waals surface area contributed by atoms with Crippen LogP contribution in [0, 0.1) is 0 Å². The molecule has 1 aromatic rings. The summed E-state index contributed by atoms with van der Waals surface area (Å²) in [4.78, 5) is 17.2. The van der Waals surface area contributed by atoms with Gasteiger partial charge in [0.05, 0.1) is 0 Å². The quantitative estimate of drug-likeness (QED) is 0.811. The first-order valence-corrected chi connectivity index (χ1v) is 7.29. The molecule has 19 heavy (non-hydrogen) atoms. The maximum absolute atomic E-state index is 12.6. The molecule has 2 aliphatic rings. The van der Waals surface area contributed by atoms with E-state index >= 15 is 0 Å². The van der Waals surface area contributed by atoms with Crippen LogP contribution in [0.1, 0.15) is 36.2 Å². The molecule has 2 aliphatic heterocycles. The van der Waals surface area contributed by atoms with Crippen LogP contribution in [-0.2, 0) is 6.42 Å². The molecular formula is C16H22N2O. The maximum atomic E-state index is 12.6. The lowest BCUT2D eigenvalue weighted by molar-refractivity contribution is 0.0660. The molecule has 0 spiro atoms. The van der Waals surface area contributed by atoms with Crippen molar-refractivity contribution in [1.82, 2.24) is 9.80 Å². The van der Waals surface area contributed by atoms with E-state index in [1.54, 1.807) is 0 Å². The van der Waals surface area contributed by atoms with E-state index < -0.39 is 0 Å². The summed E-state index contributed by atoms with van der Waals surface area (Å²) in [5.74, 6) is 0.234. The number of fused-ring (bicyclic) bond motifs is 1. The van der Waals surface area contributed by atoms with Gasteiger partial charge < -0.3 is 4.90 Å². The molecular weight excluding hydrogens is 236 g/mol. The van der Waals surface area contributed by atoms with Crippen LogP contribution in [-0.4, -0.2) is 47.4 Å². The van der Waals surface area contributed by atoms with Crippen molar-refractivity contribution in [3.05, 3.63) is 35.4 Å². The van der Waals surface area contributed by atoms with Crippen LogP contribution in [0.25, 0.3) is 0 Å². The van der Waals surface area contributed by atoms with Crippen molar-refractivity contribution in [3.63, 3.8) is 0 Å². The molecule has 1 unspecified atom stereocenters. The zero-order valence-corrected chi connectivity index (χ0v) is 11.8. The highest BCUT2D eigenvalue weighted by Crippen LogP contribution is 2.25. The van der Waals surface area contributed by atoms with E-state index in [0.717, 1.165) is 38.0 Å². The lowest BCUT2D eigenvalue weighted by Gasteiger charge is -2.34. The predicted octanol–water partition coefficient (Wildman–Crippen LogP) is 2.17. The van der Waals surface area contributed by atoms with Crippen LogP contribution in [0.4, 0.5) is 0 Å². The Labute approximate surface area is 115 Å². The molecule has 0 N–H and O–H groups in total. The number of carbonyl (C=O) groups excluding carboxylic acids is 1. The van der Waals surface area contributed by atoms with Crippen molar-refractivity contribution in [1.29, 1.82) is 0 Å². The largest absolute Gasteiger partial charge is 0.334 e. The lowest BCUT2D eigenvalue weighted by atomic mass is 9.97. The highest BCUT2D eigenvalue weighted by Gasteiger charge is 2.34. The number of amides is 1. The van der Waals surface area contributed by atoms with Gasteiger partial charge in [-0.15, -0.1) is 0 Å². The van der Waals surface area contributed by atoms with Crippen LogP contribution in [0.2, 0.25) is 0 Å². The highest BCUT2D eigenvalue weighted by molar-refractivity contribution is 5.97. The molecule has 3 nitrogen and oxygen atoms in total. The molecule has 102 valence electrons. The van der Waals surface area contributed by atoms with E-state index in [-0.39, 0.29) is 5.91 Å². The van der Waals surface area contributed by atoms with Crippen molar-refractivity contribution in [2.24, 2.45) is 0 Å². The molecule has 0 bridgehead atoms. The second-order valence-corrected chi connectivity index (χ2v) is 5.94. The average Bonchev–Trinajstić information content (AvgIpc) is 2.89. The van der Waals surface area contributed by atoms with Gasteiger partial charge in [0.15, 0.2) is 0 Å². The number of carbonyl (C=O) groups is 1. The van der Waals surface area contributed by atoms with Crippen molar-refractivity contribution in [2.75, 3.05) is 19.6 Å². The number of likely N-dealkylation sites (tertiary alicyclic amines) is 1. The molecule has 2 heterocycles. The Balaban J connectivity index is 1.76. The van der Waals surface area contributed by atoms with Crippen molar-refractivity contribution in [2.45, 2.75) is 38.8 Å². The normalized spacial score (nSPS) is 24.1. The van der Waals surface area contributed by atoms with E-state index in [9.17, 15) is 4.79 Å². The molecule has 0 radical (unpaired) electrons. The zero-order valence-electron chi connectivity index (χ0n) is 11.8. The lowest BCUT2D eigenvalue weighted by Crippen LogP contribution is -2.46. The summed E-state index contributed by atoms with van der Waals surface area (Å²) in [6, 6.07) is 9.03. The van der Waals surface area contributed by atoms with Crippen LogP contribution >= 0.6 is 0 Å². The molecule has 0 aromatic heterocycles. The fraction of sp³-hybridized carbons (Fsp3) is 0.562. The highest BCUT2D eigenvalue weighted by atomic mass is 16.2. The minimum atomic E-state index is 0.234. The van der Waals surface area contributed by atoms with Gasteiger partial charge in [-0.3, -0.25) is 9.69 Å².